The summed E-state index contributed by atoms with van der Waals surface area (Å²) in [5.41, 5.74) is 1.37. The van der Waals surface area contributed by atoms with Gasteiger partial charge in [0.25, 0.3) is 0 Å². The fourth-order valence-electron chi connectivity index (χ4n) is 3.66. The van der Waals surface area contributed by atoms with E-state index < -0.39 is 10.0 Å². The molecule has 3 heterocycles. The number of carbonyl (C=O) groups is 1. The molecule has 0 saturated carbocycles. The van der Waals surface area contributed by atoms with Gasteiger partial charge in [-0.05, 0) is 48.6 Å². The van der Waals surface area contributed by atoms with Crippen LogP contribution in [0.3, 0.4) is 0 Å². The van der Waals surface area contributed by atoms with Crippen molar-refractivity contribution >= 4 is 44.7 Å². The van der Waals surface area contributed by atoms with Gasteiger partial charge in [0.05, 0.1) is 29.5 Å². The van der Waals surface area contributed by atoms with Crippen LogP contribution in [0.1, 0.15) is 17.7 Å². The van der Waals surface area contributed by atoms with Crippen LogP contribution in [0.2, 0.25) is 0 Å². The average Bonchev–Trinajstić information content (AvgIpc) is 3.47. The van der Waals surface area contributed by atoms with Crippen molar-refractivity contribution in [3.63, 3.8) is 0 Å². The van der Waals surface area contributed by atoms with E-state index in [1.54, 1.807) is 35.6 Å². The quantitative estimate of drug-likeness (QED) is 0.689. The smallest absolute Gasteiger partial charge is 0.248 e. The van der Waals surface area contributed by atoms with E-state index in [9.17, 15) is 13.2 Å². The molecule has 4 rings (SSSR count). The molecular weight excluding hydrogens is 422 g/mol. The van der Waals surface area contributed by atoms with Crippen molar-refractivity contribution in [2.75, 3.05) is 49.6 Å². The Kier molecular flexibility index (Phi) is 6.52. The molecule has 2 saturated heterocycles. The Morgan fingerprint density at radius 3 is 2.57 bits per heavy atom. The van der Waals surface area contributed by atoms with Gasteiger partial charge in [-0.15, -0.1) is 11.3 Å². The highest BCUT2D eigenvalue weighted by Crippen LogP contribution is 2.32. The van der Waals surface area contributed by atoms with Gasteiger partial charge in [0.1, 0.15) is 0 Å². The lowest BCUT2D eigenvalue weighted by Gasteiger charge is -2.27. The highest BCUT2D eigenvalue weighted by molar-refractivity contribution is 7.89. The molecule has 2 fully saturated rings. The lowest BCUT2D eigenvalue weighted by molar-refractivity contribution is -0.111. The Labute approximate surface area is 181 Å². The minimum atomic E-state index is -3.64. The van der Waals surface area contributed by atoms with Crippen molar-refractivity contribution in [3.05, 3.63) is 46.7 Å². The average molecular weight is 448 g/mol. The number of nitrogens with one attached hydrogen (secondary N) is 1. The summed E-state index contributed by atoms with van der Waals surface area (Å²) in [7, 11) is -3.64. The number of morpholine rings is 1. The molecule has 0 radical (unpaired) electrons. The van der Waals surface area contributed by atoms with Gasteiger partial charge in [-0.1, -0.05) is 6.07 Å². The SMILES string of the molecule is O=C(C=Cc1cccs1)Nc1cc(S(=O)(=O)N2CCOCC2)ccc1N1CCCC1. The summed E-state index contributed by atoms with van der Waals surface area (Å²) in [5.74, 6) is -0.287. The van der Waals surface area contributed by atoms with Crippen LogP contribution in [0.15, 0.2) is 46.7 Å². The third-order valence-electron chi connectivity index (χ3n) is 5.22. The maximum atomic E-state index is 13.1. The molecule has 7 nitrogen and oxygen atoms in total. The van der Waals surface area contributed by atoms with E-state index in [0.29, 0.717) is 32.0 Å². The van der Waals surface area contributed by atoms with Crippen LogP contribution in [-0.4, -0.2) is 58.0 Å². The molecule has 0 bridgehead atoms. The molecule has 1 aromatic heterocycles. The number of hydrogen-bond donors (Lipinski definition) is 1. The fourth-order valence-corrected chi connectivity index (χ4v) is 5.72. The normalized spacial score (nSPS) is 18.2. The molecule has 0 atom stereocenters. The minimum Gasteiger partial charge on any atom is -0.379 e. The van der Waals surface area contributed by atoms with Crippen LogP contribution in [-0.2, 0) is 19.6 Å². The standard InChI is InChI=1S/C21H25N3O4S2/c25-21(8-5-17-4-3-15-29-17)22-19-16-18(6-7-20(19)23-9-1-2-10-23)30(26,27)24-11-13-28-14-12-24/h3-8,15-16H,1-2,9-14H2,(H,22,25). The molecule has 160 valence electrons. The first-order valence-corrected chi connectivity index (χ1v) is 12.4. The summed E-state index contributed by atoms with van der Waals surface area (Å²) in [6.45, 7) is 3.24. The number of thiophene rings is 1. The molecule has 9 heteroatoms. The van der Waals surface area contributed by atoms with Crippen molar-refractivity contribution in [1.29, 1.82) is 0 Å². The van der Waals surface area contributed by atoms with Crippen molar-refractivity contribution < 1.29 is 17.9 Å². The van der Waals surface area contributed by atoms with E-state index in [1.807, 2.05) is 17.5 Å². The Morgan fingerprint density at radius 2 is 1.87 bits per heavy atom. The number of ether oxygens (including phenoxy) is 1. The Morgan fingerprint density at radius 1 is 1.10 bits per heavy atom. The lowest BCUT2D eigenvalue weighted by atomic mass is 10.2. The molecule has 30 heavy (non-hydrogen) atoms. The van der Waals surface area contributed by atoms with Gasteiger partial charge >= 0.3 is 0 Å². The number of anilines is 2. The second kappa shape index (κ2) is 9.30. The first-order valence-electron chi connectivity index (χ1n) is 10.0. The molecule has 0 aliphatic carbocycles. The largest absolute Gasteiger partial charge is 0.379 e. The molecule has 0 unspecified atom stereocenters. The van der Waals surface area contributed by atoms with E-state index >= 15 is 0 Å². The van der Waals surface area contributed by atoms with Crippen LogP contribution in [0.4, 0.5) is 11.4 Å². The van der Waals surface area contributed by atoms with Crippen LogP contribution >= 0.6 is 11.3 Å². The predicted molar refractivity (Wildman–Crippen MR) is 119 cm³/mol. The summed E-state index contributed by atoms with van der Waals surface area (Å²) >= 11 is 1.55. The van der Waals surface area contributed by atoms with E-state index in [2.05, 4.69) is 10.2 Å². The van der Waals surface area contributed by atoms with E-state index in [-0.39, 0.29) is 10.8 Å². The Balaban J connectivity index is 1.61. The lowest BCUT2D eigenvalue weighted by Crippen LogP contribution is -2.40. The first-order chi connectivity index (χ1) is 14.5. The first kappa shape index (κ1) is 21.0. The highest BCUT2D eigenvalue weighted by Gasteiger charge is 2.28. The zero-order valence-corrected chi connectivity index (χ0v) is 18.3. The molecular formula is C21H25N3O4S2. The summed E-state index contributed by atoms with van der Waals surface area (Å²) in [4.78, 5) is 15.9. The summed E-state index contributed by atoms with van der Waals surface area (Å²) < 4.78 is 32.8. The van der Waals surface area contributed by atoms with Gasteiger partial charge < -0.3 is 15.0 Å². The highest BCUT2D eigenvalue weighted by atomic mass is 32.2. The molecule has 1 aromatic carbocycles. The molecule has 2 aliphatic rings. The van der Waals surface area contributed by atoms with E-state index in [1.165, 1.54) is 10.4 Å². The maximum Gasteiger partial charge on any atom is 0.248 e. The van der Waals surface area contributed by atoms with Crippen molar-refractivity contribution in [3.8, 4) is 0 Å². The number of rotatable bonds is 6. The molecule has 2 aromatic rings. The topological polar surface area (TPSA) is 79.0 Å². The van der Waals surface area contributed by atoms with E-state index in [4.69, 9.17) is 4.74 Å². The summed E-state index contributed by atoms with van der Waals surface area (Å²) in [5, 5.41) is 4.84. The van der Waals surface area contributed by atoms with Gasteiger partial charge in [0.2, 0.25) is 15.9 Å². The van der Waals surface area contributed by atoms with Crippen LogP contribution in [0.5, 0.6) is 0 Å². The van der Waals surface area contributed by atoms with Crippen molar-refractivity contribution in [2.24, 2.45) is 0 Å². The summed E-state index contributed by atoms with van der Waals surface area (Å²) in [6.07, 6.45) is 5.39. The monoisotopic (exact) mass is 447 g/mol. The Hall–Kier alpha value is -2.20. The number of hydrogen-bond acceptors (Lipinski definition) is 6. The minimum absolute atomic E-state index is 0.185. The van der Waals surface area contributed by atoms with Crippen LogP contribution < -0.4 is 10.2 Å². The predicted octanol–water partition coefficient (Wildman–Crippen LogP) is 3.02. The zero-order chi connectivity index (χ0) is 21.0. The number of carbonyl (C=O) groups excluding carboxylic acids is 1. The maximum absolute atomic E-state index is 13.1. The summed E-state index contributed by atoms with van der Waals surface area (Å²) in [6, 6.07) is 8.87. The van der Waals surface area contributed by atoms with Gasteiger partial charge in [-0.25, -0.2) is 8.42 Å². The molecule has 2 aliphatic heterocycles. The number of nitrogens with zero attached hydrogens (tertiary/aromatic N) is 2. The second-order valence-electron chi connectivity index (χ2n) is 7.23. The van der Waals surface area contributed by atoms with Gasteiger partial charge in [0.15, 0.2) is 0 Å². The van der Waals surface area contributed by atoms with E-state index in [0.717, 1.165) is 36.5 Å². The van der Waals surface area contributed by atoms with Gasteiger partial charge in [-0.2, -0.15) is 4.31 Å². The third kappa shape index (κ3) is 4.75. The number of benzene rings is 1. The molecule has 1 N–H and O–H groups in total. The Bertz CT molecular complexity index is 1010. The van der Waals surface area contributed by atoms with Crippen LogP contribution in [0.25, 0.3) is 6.08 Å². The second-order valence-corrected chi connectivity index (χ2v) is 10.1. The van der Waals surface area contributed by atoms with Gasteiger partial charge in [0, 0.05) is 37.1 Å². The zero-order valence-electron chi connectivity index (χ0n) is 16.6. The molecule has 0 spiro atoms. The molecule has 1 amide bonds. The van der Waals surface area contributed by atoms with Crippen molar-refractivity contribution in [1.82, 2.24) is 4.31 Å². The van der Waals surface area contributed by atoms with Gasteiger partial charge in [-0.3, -0.25) is 4.79 Å². The van der Waals surface area contributed by atoms with Crippen LogP contribution in [0, 0.1) is 0 Å². The fraction of sp³-hybridized carbons (Fsp3) is 0.381. The third-order valence-corrected chi connectivity index (χ3v) is 7.95. The number of sulfonamides is 1. The van der Waals surface area contributed by atoms with Crippen molar-refractivity contribution in [2.45, 2.75) is 17.7 Å². The number of amides is 1.